The standard InChI is InChI=1S/C16H19BN2O3/c1-16(2,3)9-4-5-10-11(8-9)17-19(15(10)22)12-6-7-13(20)18-14(12)21/h4-5,8,12,17H,6-7H2,1-3H3,(H,18,20,21). The average molecular weight is 298 g/mol. The highest BCUT2D eigenvalue weighted by Gasteiger charge is 2.39. The van der Waals surface area contributed by atoms with Crippen molar-refractivity contribution in [3.05, 3.63) is 29.3 Å². The molecule has 5 nitrogen and oxygen atoms in total. The van der Waals surface area contributed by atoms with Crippen LogP contribution in [0, 0.1) is 0 Å². The summed E-state index contributed by atoms with van der Waals surface area (Å²) in [6, 6.07) is 5.34. The van der Waals surface area contributed by atoms with E-state index in [1.54, 1.807) is 4.81 Å². The first-order valence-electron chi connectivity index (χ1n) is 7.55. The van der Waals surface area contributed by atoms with Crippen molar-refractivity contribution in [2.45, 2.75) is 45.1 Å². The van der Waals surface area contributed by atoms with Gasteiger partial charge in [0.25, 0.3) is 7.41 Å². The van der Waals surface area contributed by atoms with Crippen LogP contribution >= 0.6 is 0 Å². The van der Waals surface area contributed by atoms with Crippen LogP contribution in [0.1, 0.15) is 49.5 Å². The van der Waals surface area contributed by atoms with Gasteiger partial charge in [0.2, 0.25) is 17.7 Å². The Bertz CT molecular complexity index is 678. The largest absolute Gasteiger partial charge is 0.370 e. The van der Waals surface area contributed by atoms with Crippen molar-refractivity contribution in [1.29, 1.82) is 0 Å². The molecule has 1 saturated heterocycles. The molecule has 3 amide bonds. The number of fused-ring (bicyclic) bond motifs is 1. The summed E-state index contributed by atoms with van der Waals surface area (Å²) in [5.74, 6) is -0.751. The molecule has 2 aliphatic heterocycles. The molecule has 1 aromatic rings. The summed E-state index contributed by atoms with van der Waals surface area (Å²) < 4.78 is 0. The zero-order valence-corrected chi connectivity index (χ0v) is 13.1. The van der Waals surface area contributed by atoms with Crippen molar-refractivity contribution in [3.8, 4) is 0 Å². The van der Waals surface area contributed by atoms with Gasteiger partial charge in [-0.3, -0.25) is 19.7 Å². The predicted octanol–water partition coefficient (Wildman–Crippen LogP) is 0.222. The number of imide groups is 1. The first-order chi connectivity index (χ1) is 10.3. The Morgan fingerprint density at radius 3 is 2.59 bits per heavy atom. The van der Waals surface area contributed by atoms with Gasteiger partial charge in [0.15, 0.2) is 0 Å². The first kappa shape index (κ1) is 14.8. The maximum absolute atomic E-state index is 12.5. The molecule has 0 saturated carbocycles. The molecule has 1 N–H and O–H groups in total. The third kappa shape index (κ3) is 2.43. The molecule has 1 atom stereocenters. The minimum Gasteiger partial charge on any atom is -0.370 e. The second-order valence-electron chi connectivity index (χ2n) is 7.02. The SMILES string of the molecule is CC(C)(C)c1ccc2c(c1)BN(C1CCC(=O)NC1=O)C2=O. The lowest BCUT2D eigenvalue weighted by Gasteiger charge is -2.29. The van der Waals surface area contributed by atoms with E-state index in [4.69, 9.17) is 0 Å². The molecule has 22 heavy (non-hydrogen) atoms. The van der Waals surface area contributed by atoms with Gasteiger partial charge in [0.05, 0.1) is 0 Å². The van der Waals surface area contributed by atoms with Gasteiger partial charge in [-0.25, -0.2) is 0 Å². The van der Waals surface area contributed by atoms with Gasteiger partial charge >= 0.3 is 0 Å². The van der Waals surface area contributed by atoms with Crippen LogP contribution in [0.3, 0.4) is 0 Å². The van der Waals surface area contributed by atoms with Crippen molar-refractivity contribution in [1.82, 2.24) is 10.1 Å². The summed E-state index contributed by atoms with van der Waals surface area (Å²) in [6.45, 7) is 6.39. The Morgan fingerprint density at radius 2 is 1.95 bits per heavy atom. The molecule has 114 valence electrons. The van der Waals surface area contributed by atoms with Crippen molar-refractivity contribution in [2.75, 3.05) is 0 Å². The van der Waals surface area contributed by atoms with Crippen molar-refractivity contribution in [2.24, 2.45) is 0 Å². The summed E-state index contributed by atoms with van der Waals surface area (Å²) in [6.07, 6.45) is 0.681. The van der Waals surface area contributed by atoms with Crippen LogP contribution in [0.5, 0.6) is 0 Å². The van der Waals surface area contributed by atoms with Crippen molar-refractivity contribution < 1.29 is 14.4 Å². The molecular weight excluding hydrogens is 279 g/mol. The van der Waals surface area contributed by atoms with Crippen LogP contribution < -0.4 is 10.8 Å². The number of hydrogen-bond acceptors (Lipinski definition) is 3. The van der Waals surface area contributed by atoms with Crippen LogP contribution in [-0.4, -0.2) is 36.0 Å². The summed E-state index contributed by atoms with van der Waals surface area (Å²) >= 11 is 0. The second kappa shape index (κ2) is 4.97. The number of nitrogens with one attached hydrogen (secondary N) is 1. The van der Waals surface area contributed by atoms with Gasteiger partial charge in [0.1, 0.15) is 6.04 Å². The Morgan fingerprint density at radius 1 is 1.23 bits per heavy atom. The van der Waals surface area contributed by atoms with Gasteiger partial charge < -0.3 is 4.81 Å². The van der Waals surface area contributed by atoms with Crippen molar-refractivity contribution >= 4 is 30.6 Å². The van der Waals surface area contributed by atoms with E-state index in [0.717, 1.165) is 5.46 Å². The maximum Gasteiger partial charge on any atom is 0.275 e. The second-order valence-corrected chi connectivity index (χ2v) is 7.02. The monoisotopic (exact) mass is 298 g/mol. The van der Waals surface area contributed by atoms with Gasteiger partial charge in [-0.15, -0.1) is 0 Å². The van der Waals surface area contributed by atoms with Gasteiger partial charge in [-0.1, -0.05) is 32.9 Å². The zero-order valence-electron chi connectivity index (χ0n) is 13.1. The number of hydrogen-bond donors (Lipinski definition) is 1. The molecule has 0 aromatic heterocycles. The number of carbonyl (C=O) groups is 3. The van der Waals surface area contributed by atoms with Crippen LogP contribution in [0.15, 0.2) is 18.2 Å². The Balaban J connectivity index is 1.88. The van der Waals surface area contributed by atoms with Gasteiger partial charge in [-0.2, -0.15) is 0 Å². The van der Waals surface area contributed by atoms with Gasteiger partial charge in [0, 0.05) is 12.0 Å². The Hall–Kier alpha value is -2.11. The summed E-state index contributed by atoms with van der Waals surface area (Å²) in [5, 5.41) is 2.32. The third-order valence-electron chi connectivity index (χ3n) is 4.39. The average Bonchev–Trinajstić information content (AvgIpc) is 2.75. The first-order valence-corrected chi connectivity index (χ1v) is 7.55. The van der Waals surface area contributed by atoms with E-state index in [1.165, 1.54) is 5.56 Å². The van der Waals surface area contributed by atoms with Crippen LogP contribution in [0.25, 0.3) is 0 Å². The summed E-state index contributed by atoms with van der Waals surface area (Å²) in [4.78, 5) is 37.4. The molecular formula is C16H19BN2O3. The fourth-order valence-electron chi connectivity index (χ4n) is 3.04. The Labute approximate surface area is 130 Å². The lowest BCUT2D eigenvalue weighted by molar-refractivity contribution is -0.135. The van der Waals surface area contributed by atoms with Crippen molar-refractivity contribution in [3.63, 3.8) is 0 Å². The van der Waals surface area contributed by atoms with Crippen LogP contribution in [0.2, 0.25) is 0 Å². The lowest BCUT2D eigenvalue weighted by atomic mass is 9.77. The number of rotatable bonds is 1. The quantitative estimate of drug-likeness (QED) is 0.596. The number of piperidine rings is 1. The minimum absolute atomic E-state index is 0.0140. The molecule has 3 rings (SSSR count). The van der Waals surface area contributed by atoms with E-state index >= 15 is 0 Å². The Kier molecular flexibility index (Phi) is 3.35. The predicted molar refractivity (Wildman–Crippen MR) is 84.3 cm³/mol. The van der Waals surface area contributed by atoms with Crippen LogP contribution in [-0.2, 0) is 15.0 Å². The maximum atomic E-state index is 12.5. The molecule has 1 unspecified atom stereocenters. The molecule has 6 heteroatoms. The number of nitrogens with zero attached hydrogens (tertiary/aromatic N) is 1. The highest BCUT2D eigenvalue weighted by atomic mass is 16.2. The van der Waals surface area contributed by atoms with E-state index in [0.29, 0.717) is 19.4 Å². The molecule has 0 aliphatic carbocycles. The molecule has 1 fully saturated rings. The highest BCUT2D eigenvalue weighted by molar-refractivity contribution is 6.61. The minimum atomic E-state index is -0.546. The van der Waals surface area contributed by atoms with E-state index in [-0.39, 0.29) is 29.6 Å². The molecule has 2 heterocycles. The van der Waals surface area contributed by atoms with E-state index < -0.39 is 6.04 Å². The third-order valence-corrected chi connectivity index (χ3v) is 4.39. The highest BCUT2D eigenvalue weighted by Crippen LogP contribution is 2.24. The van der Waals surface area contributed by atoms with E-state index in [2.05, 4.69) is 32.2 Å². The van der Waals surface area contributed by atoms with Crippen LogP contribution in [0.4, 0.5) is 0 Å². The molecule has 0 radical (unpaired) electrons. The summed E-state index contributed by atoms with van der Waals surface area (Å²) in [5.41, 5.74) is 2.81. The molecule has 0 spiro atoms. The smallest absolute Gasteiger partial charge is 0.275 e. The number of amides is 3. The van der Waals surface area contributed by atoms with E-state index in [1.807, 2.05) is 12.1 Å². The van der Waals surface area contributed by atoms with Gasteiger partial charge in [-0.05, 0) is 28.9 Å². The zero-order chi connectivity index (χ0) is 16.1. The normalized spacial score (nSPS) is 21.5. The lowest BCUT2D eigenvalue weighted by Crippen LogP contribution is -2.54. The fraction of sp³-hybridized carbons (Fsp3) is 0.438. The fourth-order valence-corrected chi connectivity index (χ4v) is 3.04. The summed E-state index contributed by atoms with van der Waals surface area (Å²) in [7, 11) is 0.435. The molecule has 1 aromatic carbocycles. The molecule has 0 bridgehead atoms. The topological polar surface area (TPSA) is 66.5 Å². The number of benzene rings is 1. The van der Waals surface area contributed by atoms with E-state index in [9.17, 15) is 14.4 Å². The number of carbonyl (C=O) groups excluding carboxylic acids is 3. The molecule has 2 aliphatic rings.